The number of morpholine rings is 1. The van der Waals surface area contributed by atoms with Crippen molar-refractivity contribution in [2.24, 2.45) is 0 Å². The minimum atomic E-state index is -3.89. The van der Waals surface area contributed by atoms with Gasteiger partial charge in [0.1, 0.15) is 5.82 Å². The average Bonchev–Trinajstić information content (AvgIpc) is 2.85. The maximum Gasteiger partial charge on any atom is 0.258 e. The number of nitrogens with one attached hydrogen (secondary N) is 1. The normalized spacial score (nSPS) is 14.6. The number of hydrogen-bond acceptors (Lipinski definition) is 5. The second-order valence-electron chi connectivity index (χ2n) is 7.39. The van der Waals surface area contributed by atoms with Gasteiger partial charge in [0.25, 0.3) is 5.91 Å². The van der Waals surface area contributed by atoms with E-state index in [1.54, 1.807) is 48.5 Å². The van der Waals surface area contributed by atoms with Crippen LogP contribution in [0.4, 0.5) is 10.1 Å². The summed E-state index contributed by atoms with van der Waals surface area (Å²) in [6.45, 7) is 0.907. The molecule has 1 amide bonds. The number of rotatable bonds is 6. The van der Waals surface area contributed by atoms with Gasteiger partial charge in [-0.3, -0.25) is 9.59 Å². The van der Waals surface area contributed by atoms with E-state index < -0.39 is 27.3 Å². The Bertz CT molecular complexity index is 1290. The van der Waals surface area contributed by atoms with E-state index in [1.807, 2.05) is 0 Å². The van der Waals surface area contributed by atoms with Crippen LogP contribution in [0.15, 0.2) is 77.7 Å². The molecule has 0 atom stereocenters. The number of carbonyl (C=O) groups excluding carboxylic acids is 2. The van der Waals surface area contributed by atoms with Crippen molar-refractivity contribution in [1.29, 1.82) is 0 Å². The van der Waals surface area contributed by atoms with E-state index in [0.717, 1.165) is 18.2 Å². The van der Waals surface area contributed by atoms with Gasteiger partial charge in [-0.15, -0.1) is 0 Å². The number of anilines is 1. The SMILES string of the molecule is O=C(c1ccccc1)c1cccc(NC(=O)c2cc(S(=O)(=O)N3CCOCC3)ccc2F)c1. The summed E-state index contributed by atoms with van der Waals surface area (Å²) in [5.41, 5.74) is 0.711. The summed E-state index contributed by atoms with van der Waals surface area (Å²) >= 11 is 0. The highest BCUT2D eigenvalue weighted by atomic mass is 32.2. The lowest BCUT2D eigenvalue weighted by Gasteiger charge is -2.26. The number of hydrogen-bond donors (Lipinski definition) is 1. The van der Waals surface area contributed by atoms with Crippen molar-refractivity contribution in [3.63, 3.8) is 0 Å². The van der Waals surface area contributed by atoms with Gasteiger partial charge in [0.05, 0.1) is 23.7 Å². The van der Waals surface area contributed by atoms with Crippen LogP contribution in [0.1, 0.15) is 26.3 Å². The van der Waals surface area contributed by atoms with Crippen LogP contribution in [-0.2, 0) is 14.8 Å². The number of halogens is 1. The molecule has 170 valence electrons. The lowest BCUT2D eigenvalue weighted by atomic mass is 10.0. The molecule has 3 aromatic rings. The van der Waals surface area contributed by atoms with Crippen LogP contribution in [0.3, 0.4) is 0 Å². The molecule has 4 rings (SSSR count). The van der Waals surface area contributed by atoms with Gasteiger partial charge in [0.15, 0.2) is 5.78 Å². The van der Waals surface area contributed by atoms with Gasteiger partial charge in [0.2, 0.25) is 10.0 Å². The Morgan fingerprint density at radius 3 is 2.30 bits per heavy atom. The Morgan fingerprint density at radius 1 is 0.879 bits per heavy atom. The van der Waals surface area contributed by atoms with Crippen LogP contribution in [0.5, 0.6) is 0 Å². The molecule has 33 heavy (non-hydrogen) atoms. The van der Waals surface area contributed by atoms with Crippen LogP contribution < -0.4 is 5.32 Å². The zero-order valence-electron chi connectivity index (χ0n) is 17.5. The third-order valence-corrected chi connectivity index (χ3v) is 7.10. The molecule has 1 aliphatic heterocycles. The maximum absolute atomic E-state index is 14.4. The Morgan fingerprint density at radius 2 is 1.58 bits per heavy atom. The zero-order chi connectivity index (χ0) is 23.4. The second-order valence-corrected chi connectivity index (χ2v) is 9.33. The average molecular weight is 469 g/mol. The molecule has 1 N–H and O–H groups in total. The van der Waals surface area contributed by atoms with Crippen molar-refractivity contribution in [3.8, 4) is 0 Å². The Kier molecular flexibility index (Phi) is 6.64. The van der Waals surface area contributed by atoms with E-state index in [1.165, 1.54) is 10.4 Å². The van der Waals surface area contributed by atoms with Crippen molar-refractivity contribution in [2.45, 2.75) is 4.90 Å². The number of amides is 1. The minimum absolute atomic E-state index is 0.177. The summed E-state index contributed by atoms with van der Waals surface area (Å²) in [5.74, 6) is -1.91. The first-order valence-corrected chi connectivity index (χ1v) is 11.7. The third-order valence-electron chi connectivity index (χ3n) is 5.21. The van der Waals surface area contributed by atoms with Crippen molar-refractivity contribution in [2.75, 3.05) is 31.6 Å². The number of ether oxygens (including phenoxy) is 1. The molecule has 0 aliphatic carbocycles. The smallest absolute Gasteiger partial charge is 0.258 e. The standard InChI is InChI=1S/C24H21FN2O5S/c25-22-10-9-20(33(30,31)27-11-13-32-14-12-27)16-21(22)24(29)26-19-8-4-7-18(15-19)23(28)17-5-2-1-3-6-17/h1-10,15-16H,11-14H2,(H,26,29). The van der Waals surface area contributed by atoms with E-state index in [9.17, 15) is 22.4 Å². The van der Waals surface area contributed by atoms with Crippen LogP contribution in [-0.4, -0.2) is 50.7 Å². The lowest BCUT2D eigenvalue weighted by molar-refractivity contribution is 0.0730. The summed E-state index contributed by atoms with van der Waals surface area (Å²) < 4.78 is 46.6. The first-order chi connectivity index (χ1) is 15.9. The molecule has 0 bridgehead atoms. The van der Waals surface area contributed by atoms with Crippen LogP contribution in [0, 0.1) is 5.82 Å². The highest BCUT2D eigenvalue weighted by Crippen LogP contribution is 2.22. The predicted octanol–water partition coefficient (Wildman–Crippen LogP) is 3.33. The molecular formula is C24H21FN2O5S. The van der Waals surface area contributed by atoms with Gasteiger partial charge < -0.3 is 10.1 Å². The largest absolute Gasteiger partial charge is 0.379 e. The van der Waals surface area contributed by atoms with Crippen LogP contribution in [0.2, 0.25) is 0 Å². The number of ketones is 1. The van der Waals surface area contributed by atoms with E-state index >= 15 is 0 Å². The Balaban J connectivity index is 1.57. The van der Waals surface area contributed by atoms with E-state index in [-0.39, 0.29) is 42.7 Å². The molecule has 0 saturated carbocycles. The van der Waals surface area contributed by atoms with Crippen molar-refractivity contribution >= 4 is 27.4 Å². The van der Waals surface area contributed by atoms with Crippen LogP contribution >= 0.6 is 0 Å². The second kappa shape index (κ2) is 9.62. The molecule has 0 radical (unpaired) electrons. The fraction of sp³-hybridized carbons (Fsp3) is 0.167. The first kappa shape index (κ1) is 22.8. The van der Waals surface area contributed by atoms with Gasteiger partial charge in [-0.05, 0) is 30.3 Å². The highest BCUT2D eigenvalue weighted by Gasteiger charge is 2.28. The molecule has 0 aromatic heterocycles. The Labute approximate surface area is 190 Å². The molecular weight excluding hydrogens is 447 g/mol. The highest BCUT2D eigenvalue weighted by molar-refractivity contribution is 7.89. The molecule has 1 aliphatic rings. The van der Waals surface area contributed by atoms with Gasteiger partial charge >= 0.3 is 0 Å². The topological polar surface area (TPSA) is 92.8 Å². The minimum Gasteiger partial charge on any atom is -0.379 e. The molecule has 9 heteroatoms. The van der Waals surface area contributed by atoms with E-state index in [2.05, 4.69) is 5.32 Å². The maximum atomic E-state index is 14.4. The molecule has 0 spiro atoms. The van der Waals surface area contributed by atoms with Crippen molar-refractivity contribution in [1.82, 2.24) is 4.31 Å². The number of benzene rings is 3. The fourth-order valence-corrected chi connectivity index (χ4v) is 4.90. The fourth-order valence-electron chi connectivity index (χ4n) is 3.47. The summed E-state index contributed by atoms with van der Waals surface area (Å²) in [6, 6.07) is 18.0. The monoisotopic (exact) mass is 468 g/mol. The first-order valence-electron chi connectivity index (χ1n) is 10.2. The molecule has 1 fully saturated rings. The number of carbonyl (C=O) groups is 2. The van der Waals surface area contributed by atoms with Gasteiger partial charge in [-0.25, -0.2) is 12.8 Å². The summed E-state index contributed by atoms with van der Waals surface area (Å²) in [4.78, 5) is 25.3. The van der Waals surface area contributed by atoms with Gasteiger partial charge in [-0.2, -0.15) is 4.31 Å². The molecule has 7 nitrogen and oxygen atoms in total. The Hall–Kier alpha value is -3.40. The molecule has 0 unspecified atom stereocenters. The predicted molar refractivity (Wildman–Crippen MR) is 120 cm³/mol. The summed E-state index contributed by atoms with van der Waals surface area (Å²) in [5, 5.41) is 2.54. The number of nitrogens with zero attached hydrogens (tertiary/aromatic N) is 1. The lowest BCUT2D eigenvalue weighted by Crippen LogP contribution is -2.40. The van der Waals surface area contributed by atoms with Crippen LogP contribution in [0.25, 0.3) is 0 Å². The zero-order valence-corrected chi connectivity index (χ0v) is 18.3. The van der Waals surface area contributed by atoms with E-state index in [0.29, 0.717) is 11.1 Å². The summed E-state index contributed by atoms with van der Waals surface area (Å²) in [6.07, 6.45) is 0. The van der Waals surface area contributed by atoms with E-state index in [4.69, 9.17) is 4.74 Å². The van der Waals surface area contributed by atoms with Crippen molar-refractivity contribution in [3.05, 3.63) is 95.3 Å². The molecule has 1 saturated heterocycles. The van der Waals surface area contributed by atoms with Gasteiger partial charge in [0, 0.05) is 29.9 Å². The van der Waals surface area contributed by atoms with Crippen molar-refractivity contribution < 1.29 is 27.1 Å². The number of sulfonamides is 1. The third kappa shape index (κ3) is 5.00. The molecule has 1 heterocycles. The quantitative estimate of drug-likeness (QED) is 0.561. The summed E-state index contributed by atoms with van der Waals surface area (Å²) in [7, 11) is -3.89. The van der Waals surface area contributed by atoms with Gasteiger partial charge in [-0.1, -0.05) is 42.5 Å². The molecule has 3 aromatic carbocycles.